The van der Waals surface area contributed by atoms with E-state index < -0.39 is 0 Å². The summed E-state index contributed by atoms with van der Waals surface area (Å²) in [5.74, 6) is 7.02. The van der Waals surface area contributed by atoms with Gasteiger partial charge in [0.25, 0.3) is 0 Å². The highest BCUT2D eigenvalue weighted by atomic mass is 15.3. The van der Waals surface area contributed by atoms with Crippen molar-refractivity contribution in [3.8, 4) is 0 Å². The van der Waals surface area contributed by atoms with E-state index in [1.807, 2.05) is 0 Å². The van der Waals surface area contributed by atoms with Gasteiger partial charge >= 0.3 is 0 Å². The summed E-state index contributed by atoms with van der Waals surface area (Å²) in [6, 6.07) is 1.00. The Bertz CT molecular complexity index is 229. The summed E-state index contributed by atoms with van der Waals surface area (Å²) in [4.78, 5) is 4.49. The van der Waals surface area contributed by atoms with Crippen molar-refractivity contribution in [2.24, 2.45) is 16.8 Å². The number of nitrogens with zero attached hydrogens (tertiary/aromatic N) is 1. The van der Waals surface area contributed by atoms with E-state index in [-0.39, 0.29) is 0 Å². The first-order valence-electron chi connectivity index (χ1n) is 6.10. The van der Waals surface area contributed by atoms with Gasteiger partial charge in [-0.05, 0) is 38.5 Å². The van der Waals surface area contributed by atoms with Crippen LogP contribution in [0.4, 0.5) is 0 Å². The molecule has 4 nitrogen and oxygen atoms in total. The summed E-state index contributed by atoms with van der Waals surface area (Å²) in [5.41, 5.74) is 2.67. The zero-order valence-electron chi connectivity index (χ0n) is 9.50. The van der Waals surface area contributed by atoms with Crippen LogP contribution in [0.5, 0.6) is 0 Å². The van der Waals surface area contributed by atoms with Crippen molar-refractivity contribution < 1.29 is 0 Å². The van der Waals surface area contributed by atoms with Gasteiger partial charge in [-0.3, -0.25) is 5.43 Å². The molecular formula is C11H22N4. The maximum absolute atomic E-state index is 5.45. The Morgan fingerprint density at radius 1 is 1.27 bits per heavy atom. The molecule has 15 heavy (non-hydrogen) atoms. The number of aliphatic imine (C=N–C) groups is 1. The highest BCUT2D eigenvalue weighted by Crippen LogP contribution is 2.27. The number of guanidine groups is 1. The molecule has 2 fully saturated rings. The third-order valence-corrected chi connectivity index (χ3v) is 3.47. The van der Waals surface area contributed by atoms with Crippen LogP contribution in [0, 0.1) is 5.92 Å². The van der Waals surface area contributed by atoms with Crippen LogP contribution in [0.15, 0.2) is 4.99 Å². The van der Waals surface area contributed by atoms with Crippen molar-refractivity contribution in [1.82, 2.24) is 10.7 Å². The van der Waals surface area contributed by atoms with Crippen molar-refractivity contribution in [3.05, 3.63) is 0 Å². The number of hydrazine groups is 1. The molecule has 0 heterocycles. The lowest BCUT2D eigenvalue weighted by atomic mass is 10.0. The molecule has 2 saturated carbocycles. The topological polar surface area (TPSA) is 62.4 Å². The van der Waals surface area contributed by atoms with Gasteiger partial charge in [-0.25, -0.2) is 10.8 Å². The summed E-state index contributed by atoms with van der Waals surface area (Å²) in [6.07, 6.45) is 7.86. The average Bonchev–Trinajstić information content (AvgIpc) is 2.88. The fourth-order valence-electron chi connectivity index (χ4n) is 2.29. The summed E-state index contributed by atoms with van der Waals surface area (Å²) in [7, 11) is 0. The van der Waals surface area contributed by atoms with E-state index >= 15 is 0 Å². The smallest absolute Gasteiger partial charge is 0.206 e. The van der Waals surface area contributed by atoms with Gasteiger partial charge in [0, 0.05) is 6.04 Å². The second-order valence-electron chi connectivity index (χ2n) is 4.83. The molecule has 0 saturated heterocycles. The monoisotopic (exact) mass is 210 g/mol. The van der Waals surface area contributed by atoms with Gasteiger partial charge in [0.1, 0.15) is 0 Å². The van der Waals surface area contributed by atoms with Gasteiger partial charge in [0.05, 0.1) is 6.04 Å². The Balaban J connectivity index is 1.82. The van der Waals surface area contributed by atoms with Gasteiger partial charge in [0.15, 0.2) is 0 Å². The molecule has 0 spiro atoms. The minimum absolute atomic E-state index is 0.487. The predicted octanol–water partition coefficient (Wildman–Crippen LogP) is 1.14. The SMILES string of the molecule is CC(NC(=NC1CC1)NN)C1CCCC1. The zero-order valence-corrected chi connectivity index (χ0v) is 9.50. The molecule has 4 heteroatoms. The maximum Gasteiger partial charge on any atom is 0.206 e. The number of hydrogen-bond donors (Lipinski definition) is 3. The van der Waals surface area contributed by atoms with Crippen LogP contribution in [0.3, 0.4) is 0 Å². The van der Waals surface area contributed by atoms with E-state index in [4.69, 9.17) is 5.84 Å². The highest BCUT2D eigenvalue weighted by Gasteiger charge is 2.24. The average molecular weight is 210 g/mol. The van der Waals surface area contributed by atoms with Gasteiger partial charge < -0.3 is 5.32 Å². The van der Waals surface area contributed by atoms with E-state index in [0.29, 0.717) is 12.1 Å². The largest absolute Gasteiger partial charge is 0.353 e. The summed E-state index contributed by atoms with van der Waals surface area (Å²) >= 11 is 0. The molecular weight excluding hydrogens is 188 g/mol. The summed E-state index contributed by atoms with van der Waals surface area (Å²) in [5, 5.41) is 3.39. The normalized spacial score (nSPS) is 25.3. The van der Waals surface area contributed by atoms with Gasteiger partial charge in [-0.2, -0.15) is 0 Å². The molecule has 2 aliphatic carbocycles. The van der Waals surface area contributed by atoms with Crippen molar-refractivity contribution in [2.75, 3.05) is 0 Å². The van der Waals surface area contributed by atoms with Crippen LogP contribution >= 0.6 is 0 Å². The fraction of sp³-hybridized carbons (Fsp3) is 0.909. The molecule has 0 aliphatic heterocycles. The minimum atomic E-state index is 0.487. The van der Waals surface area contributed by atoms with E-state index in [1.54, 1.807) is 0 Å². The number of hydrogen-bond acceptors (Lipinski definition) is 2. The van der Waals surface area contributed by atoms with E-state index in [1.165, 1.54) is 38.5 Å². The Morgan fingerprint density at radius 3 is 2.47 bits per heavy atom. The van der Waals surface area contributed by atoms with E-state index in [9.17, 15) is 0 Å². The Labute approximate surface area is 91.7 Å². The third kappa shape index (κ3) is 3.09. The maximum atomic E-state index is 5.45. The Hall–Kier alpha value is -0.770. The van der Waals surface area contributed by atoms with E-state index in [2.05, 4.69) is 22.7 Å². The first-order valence-corrected chi connectivity index (χ1v) is 6.10. The molecule has 2 aliphatic rings. The molecule has 4 N–H and O–H groups in total. The Morgan fingerprint density at radius 2 is 1.93 bits per heavy atom. The molecule has 0 amide bonds. The zero-order chi connectivity index (χ0) is 10.7. The lowest BCUT2D eigenvalue weighted by molar-refractivity contribution is 0.422. The van der Waals surface area contributed by atoms with Crippen LogP contribution in [0.2, 0.25) is 0 Å². The second-order valence-corrected chi connectivity index (χ2v) is 4.83. The van der Waals surface area contributed by atoms with Crippen LogP contribution in [-0.2, 0) is 0 Å². The first-order chi connectivity index (χ1) is 7.29. The molecule has 86 valence electrons. The molecule has 0 aromatic heterocycles. The summed E-state index contributed by atoms with van der Waals surface area (Å²) in [6.45, 7) is 2.23. The predicted molar refractivity (Wildman–Crippen MR) is 62.3 cm³/mol. The van der Waals surface area contributed by atoms with Gasteiger partial charge in [-0.15, -0.1) is 0 Å². The minimum Gasteiger partial charge on any atom is -0.353 e. The van der Waals surface area contributed by atoms with E-state index in [0.717, 1.165) is 11.9 Å². The number of nitrogens with two attached hydrogens (primary N) is 1. The number of nitrogens with one attached hydrogen (secondary N) is 2. The standard InChI is InChI=1S/C11H22N4/c1-8(9-4-2-3-5-9)13-11(15-12)14-10-6-7-10/h8-10H,2-7,12H2,1H3,(H2,13,14,15). The second kappa shape index (κ2) is 4.84. The van der Waals surface area contributed by atoms with Crippen LogP contribution < -0.4 is 16.6 Å². The molecule has 0 bridgehead atoms. The molecule has 2 rings (SSSR count). The fourth-order valence-corrected chi connectivity index (χ4v) is 2.29. The van der Waals surface area contributed by atoms with Crippen LogP contribution in [0.1, 0.15) is 45.4 Å². The number of rotatable bonds is 3. The van der Waals surface area contributed by atoms with Crippen molar-refractivity contribution in [3.63, 3.8) is 0 Å². The molecule has 0 radical (unpaired) electrons. The Kier molecular flexibility index (Phi) is 3.46. The molecule has 0 aromatic rings. The summed E-state index contributed by atoms with van der Waals surface area (Å²) < 4.78 is 0. The lowest BCUT2D eigenvalue weighted by Crippen LogP contribution is -2.47. The van der Waals surface area contributed by atoms with Crippen LogP contribution in [0.25, 0.3) is 0 Å². The van der Waals surface area contributed by atoms with Crippen molar-refractivity contribution in [2.45, 2.75) is 57.5 Å². The molecule has 1 unspecified atom stereocenters. The highest BCUT2D eigenvalue weighted by molar-refractivity contribution is 5.79. The molecule has 0 aromatic carbocycles. The molecule has 1 atom stereocenters. The van der Waals surface area contributed by atoms with Gasteiger partial charge in [0.2, 0.25) is 5.96 Å². The quantitative estimate of drug-likeness (QED) is 0.283. The van der Waals surface area contributed by atoms with Crippen molar-refractivity contribution in [1.29, 1.82) is 0 Å². The first kappa shape index (κ1) is 10.7. The third-order valence-electron chi connectivity index (χ3n) is 3.47. The van der Waals surface area contributed by atoms with Crippen molar-refractivity contribution >= 4 is 5.96 Å². The van der Waals surface area contributed by atoms with Crippen LogP contribution in [-0.4, -0.2) is 18.0 Å². The van der Waals surface area contributed by atoms with Gasteiger partial charge in [-0.1, -0.05) is 12.8 Å². The lowest BCUT2D eigenvalue weighted by Gasteiger charge is -2.22.